The normalized spacial score (nSPS) is 12.2. The zero-order chi connectivity index (χ0) is 13.8. The summed E-state index contributed by atoms with van der Waals surface area (Å²) in [6.45, 7) is 1.87. The second-order valence-electron chi connectivity index (χ2n) is 4.50. The van der Waals surface area contributed by atoms with Crippen LogP contribution in [0.2, 0.25) is 0 Å². The number of hydrogen-bond donors (Lipinski definition) is 1. The molecule has 0 radical (unpaired) electrons. The quantitative estimate of drug-likeness (QED) is 0.914. The van der Waals surface area contributed by atoms with E-state index in [0.717, 1.165) is 5.56 Å². The van der Waals surface area contributed by atoms with E-state index >= 15 is 0 Å². The van der Waals surface area contributed by atoms with Crippen molar-refractivity contribution >= 4 is 5.91 Å². The summed E-state index contributed by atoms with van der Waals surface area (Å²) >= 11 is 0. The van der Waals surface area contributed by atoms with E-state index in [1.807, 2.05) is 20.2 Å². The van der Waals surface area contributed by atoms with Crippen molar-refractivity contribution in [2.45, 2.75) is 19.4 Å². The molecule has 1 unspecified atom stereocenters. The first-order valence-electron chi connectivity index (χ1n) is 6.07. The second kappa shape index (κ2) is 5.65. The molecule has 5 heteroatoms. The van der Waals surface area contributed by atoms with Crippen LogP contribution in [0.5, 0.6) is 0 Å². The highest BCUT2D eigenvalue weighted by Gasteiger charge is 2.13. The second-order valence-corrected chi connectivity index (χ2v) is 4.50. The Morgan fingerprint density at radius 1 is 1.47 bits per heavy atom. The number of aromatic nitrogens is 2. The van der Waals surface area contributed by atoms with Crippen LogP contribution in [0, 0.1) is 5.82 Å². The van der Waals surface area contributed by atoms with Crippen LogP contribution in [0.25, 0.3) is 0 Å². The molecule has 0 aliphatic rings. The van der Waals surface area contributed by atoms with Crippen LogP contribution in [-0.2, 0) is 18.3 Å². The van der Waals surface area contributed by atoms with E-state index in [9.17, 15) is 9.18 Å². The number of halogens is 1. The largest absolute Gasteiger partial charge is 0.349 e. The molecule has 0 fully saturated rings. The van der Waals surface area contributed by atoms with Crippen molar-refractivity contribution in [3.63, 3.8) is 0 Å². The predicted molar refractivity (Wildman–Crippen MR) is 69.9 cm³/mol. The van der Waals surface area contributed by atoms with Crippen LogP contribution in [0.4, 0.5) is 4.39 Å². The van der Waals surface area contributed by atoms with Crippen molar-refractivity contribution in [2.75, 3.05) is 0 Å². The van der Waals surface area contributed by atoms with Crippen LogP contribution in [0.1, 0.15) is 24.1 Å². The van der Waals surface area contributed by atoms with E-state index in [1.165, 1.54) is 6.07 Å². The van der Waals surface area contributed by atoms with E-state index in [1.54, 1.807) is 29.1 Å². The number of hydrogen-bond acceptors (Lipinski definition) is 2. The van der Waals surface area contributed by atoms with Gasteiger partial charge in [0.15, 0.2) is 0 Å². The summed E-state index contributed by atoms with van der Waals surface area (Å²) in [6.07, 6.45) is 3.58. The van der Waals surface area contributed by atoms with E-state index in [4.69, 9.17) is 0 Å². The number of nitrogens with one attached hydrogen (secondary N) is 1. The van der Waals surface area contributed by atoms with Gasteiger partial charge in [-0.05, 0) is 18.6 Å². The molecule has 4 nitrogen and oxygen atoms in total. The van der Waals surface area contributed by atoms with Crippen molar-refractivity contribution < 1.29 is 9.18 Å². The average Bonchev–Trinajstić information content (AvgIpc) is 2.79. The fourth-order valence-corrected chi connectivity index (χ4v) is 1.85. The molecular formula is C14H16FN3O. The molecule has 1 aromatic heterocycles. The first-order valence-corrected chi connectivity index (χ1v) is 6.07. The smallest absolute Gasteiger partial charge is 0.225 e. The molecule has 100 valence electrons. The summed E-state index contributed by atoms with van der Waals surface area (Å²) < 4.78 is 15.1. The predicted octanol–water partition coefficient (Wildman–Crippen LogP) is 1.98. The van der Waals surface area contributed by atoms with Crippen molar-refractivity contribution in [1.82, 2.24) is 15.1 Å². The van der Waals surface area contributed by atoms with Crippen LogP contribution >= 0.6 is 0 Å². The maximum Gasteiger partial charge on any atom is 0.225 e. The van der Waals surface area contributed by atoms with Crippen molar-refractivity contribution in [3.8, 4) is 0 Å². The Hall–Kier alpha value is -2.17. The molecule has 2 aromatic rings. The number of amides is 1. The number of carbonyl (C=O) groups is 1. The minimum Gasteiger partial charge on any atom is -0.349 e. The zero-order valence-electron chi connectivity index (χ0n) is 10.9. The van der Waals surface area contributed by atoms with E-state index in [0.29, 0.717) is 5.56 Å². The van der Waals surface area contributed by atoms with Crippen LogP contribution in [0.3, 0.4) is 0 Å². The monoisotopic (exact) mass is 261 g/mol. The molecule has 0 saturated carbocycles. The minimum atomic E-state index is -0.355. The third-order valence-electron chi connectivity index (χ3n) is 2.91. The summed E-state index contributed by atoms with van der Waals surface area (Å²) in [6, 6.07) is 6.15. The van der Waals surface area contributed by atoms with Gasteiger partial charge in [-0.1, -0.05) is 18.2 Å². The topological polar surface area (TPSA) is 46.9 Å². The molecule has 2 rings (SSSR count). The Morgan fingerprint density at radius 2 is 2.21 bits per heavy atom. The molecule has 1 amide bonds. The number of benzene rings is 1. The SMILES string of the molecule is CC(NC(=O)Cc1ccccc1F)c1cnn(C)c1. The van der Waals surface area contributed by atoms with Gasteiger partial charge in [0.1, 0.15) is 5.82 Å². The van der Waals surface area contributed by atoms with Crippen LogP contribution in [-0.4, -0.2) is 15.7 Å². The van der Waals surface area contributed by atoms with Gasteiger partial charge < -0.3 is 5.32 Å². The molecule has 0 saturated heterocycles. The third-order valence-corrected chi connectivity index (χ3v) is 2.91. The first kappa shape index (κ1) is 13.3. The Kier molecular flexibility index (Phi) is 3.94. The lowest BCUT2D eigenvalue weighted by atomic mass is 10.1. The van der Waals surface area contributed by atoms with Crippen LogP contribution < -0.4 is 5.32 Å². The standard InChI is InChI=1S/C14H16FN3O/c1-10(12-8-16-18(2)9-12)17-14(19)7-11-5-3-4-6-13(11)15/h3-6,8-10H,7H2,1-2H3,(H,17,19). The minimum absolute atomic E-state index is 0.0390. The fraction of sp³-hybridized carbons (Fsp3) is 0.286. The number of rotatable bonds is 4. The lowest BCUT2D eigenvalue weighted by Crippen LogP contribution is -2.28. The van der Waals surface area contributed by atoms with Crippen molar-refractivity contribution in [3.05, 3.63) is 53.6 Å². The molecule has 0 spiro atoms. The number of aryl methyl sites for hydroxylation is 1. The molecule has 0 aliphatic carbocycles. The van der Waals surface area contributed by atoms with Gasteiger partial charge in [-0.2, -0.15) is 5.10 Å². The molecule has 1 atom stereocenters. The lowest BCUT2D eigenvalue weighted by Gasteiger charge is -2.12. The highest BCUT2D eigenvalue weighted by molar-refractivity contribution is 5.79. The average molecular weight is 261 g/mol. The maximum atomic E-state index is 13.4. The van der Waals surface area contributed by atoms with Gasteiger partial charge in [0, 0.05) is 18.8 Å². The Labute approximate surface area is 111 Å². The molecule has 1 aromatic carbocycles. The van der Waals surface area contributed by atoms with Gasteiger partial charge in [0.25, 0.3) is 0 Å². The highest BCUT2D eigenvalue weighted by atomic mass is 19.1. The van der Waals surface area contributed by atoms with Gasteiger partial charge in [0.2, 0.25) is 5.91 Å². The molecule has 19 heavy (non-hydrogen) atoms. The van der Waals surface area contributed by atoms with Gasteiger partial charge in [-0.3, -0.25) is 9.48 Å². The van der Waals surface area contributed by atoms with Crippen molar-refractivity contribution in [2.24, 2.45) is 7.05 Å². The van der Waals surface area contributed by atoms with Gasteiger partial charge in [-0.25, -0.2) is 4.39 Å². The summed E-state index contributed by atoms with van der Waals surface area (Å²) in [5.41, 5.74) is 1.32. The van der Waals surface area contributed by atoms with Gasteiger partial charge >= 0.3 is 0 Å². The molecule has 0 bridgehead atoms. The lowest BCUT2D eigenvalue weighted by molar-refractivity contribution is -0.121. The first-order chi connectivity index (χ1) is 9.06. The Morgan fingerprint density at radius 3 is 2.84 bits per heavy atom. The summed E-state index contributed by atoms with van der Waals surface area (Å²) in [5.74, 6) is -0.562. The third kappa shape index (κ3) is 3.40. The van der Waals surface area contributed by atoms with E-state index in [2.05, 4.69) is 10.4 Å². The Balaban J connectivity index is 1.96. The highest BCUT2D eigenvalue weighted by Crippen LogP contribution is 2.12. The molecule has 1 heterocycles. The Bertz CT molecular complexity index is 580. The number of nitrogens with zero attached hydrogens (tertiary/aromatic N) is 2. The molecule has 0 aliphatic heterocycles. The fourth-order valence-electron chi connectivity index (χ4n) is 1.85. The van der Waals surface area contributed by atoms with E-state index in [-0.39, 0.29) is 24.2 Å². The molecule has 1 N–H and O–H groups in total. The van der Waals surface area contributed by atoms with Gasteiger partial charge in [0.05, 0.1) is 18.7 Å². The zero-order valence-corrected chi connectivity index (χ0v) is 10.9. The van der Waals surface area contributed by atoms with E-state index < -0.39 is 0 Å². The van der Waals surface area contributed by atoms with Crippen molar-refractivity contribution in [1.29, 1.82) is 0 Å². The number of carbonyl (C=O) groups excluding carboxylic acids is 1. The van der Waals surface area contributed by atoms with Gasteiger partial charge in [-0.15, -0.1) is 0 Å². The summed E-state index contributed by atoms with van der Waals surface area (Å²) in [5, 5.41) is 6.87. The summed E-state index contributed by atoms with van der Waals surface area (Å²) in [4.78, 5) is 11.9. The maximum absolute atomic E-state index is 13.4. The van der Waals surface area contributed by atoms with Crippen LogP contribution in [0.15, 0.2) is 36.7 Å². The summed E-state index contributed by atoms with van der Waals surface area (Å²) in [7, 11) is 1.82. The molecular weight excluding hydrogens is 245 g/mol.